The Hall–Kier alpha value is -3.26. The largest absolute Gasteiger partial charge is 0.378 e. The van der Waals surface area contributed by atoms with Crippen molar-refractivity contribution in [3.8, 4) is 5.82 Å². The molecule has 0 spiro atoms. The van der Waals surface area contributed by atoms with E-state index >= 15 is 0 Å². The van der Waals surface area contributed by atoms with Gasteiger partial charge in [-0.1, -0.05) is 18.2 Å². The number of hydrogen-bond donors (Lipinski definition) is 1. The Balaban J connectivity index is 1.54. The Morgan fingerprint density at radius 3 is 2.78 bits per heavy atom. The predicted molar refractivity (Wildman–Crippen MR) is 104 cm³/mol. The van der Waals surface area contributed by atoms with Crippen molar-refractivity contribution in [1.82, 2.24) is 25.2 Å². The summed E-state index contributed by atoms with van der Waals surface area (Å²) in [6, 6.07) is 8.28. The van der Waals surface area contributed by atoms with E-state index < -0.39 is 0 Å². The van der Waals surface area contributed by atoms with Gasteiger partial charge in [-0.05, 0) is 17.2 Å². The summed E-state index contributed by atoms with van der Waals surface area (Å²) in [6.07, 6.45) is 7.42. The van der Waals surface area contributed by atoms with Crippen LogP contribution in [0.15, 0.2) is 48.0 Å². The second-order valence-electron chi connectivity index (χ2n) is 6.44. The fourth-order valence-corrected chi connectivity index (χ4v) is 3.37. The van der Waals surface area contributed by atoms with Crippen LogP contribution in [0.2, 0.25) is 0 Å². The molecule has 5 rings (SSSR count). The molecule has 8 nitrogen and oxygen atoms in total. The van der Waals surface area contributed by atoms with Gasteiger partial charge in [0.05, 0.1) is 37.7 Å². The molecule has 1 saturated heterocycles. The van der Waals surface area contributed by atoms with Crippen molar-refractivity contribution in [2.24, 2.45) is 5.10 Å². The van der Waals surface area contributed by atoms with Gasteiger partial charge < -0.3 is 15.1 Å². The first-order chi connectivity index (χ1) is 13.4. The van der Waals surface area contributed by atoms with Crippen LogP contribution < -0.4 is 10.3 Å². The molecule has 0 amide bonds. The molecule has 1 fully saturated rings. The van der Waals surface area contributed by atoms with Crippen LogP contribution in [0.5, 0.6) is 0 Å². The Kier molecular flexibility index (Phi) is 4.02. The Morgan fingerprint density at radius 1 is 1.04 bits per heavy atom. The molecule has 4 heterocycles. The van der Waals surface area contributed by atoms with Gasteiger partial charge in [0.25, 0.3) is 0 Å². The Morgan fingerprint density at radius 2 is 1.93 bits per heavy atom. The zero-order chi connectivity index (χ0) is 18.1. The number of fused-ring (bicyclic) bond motifs is 1. The highest BCUT2D eigenvalue weighted by Crippen LogP contribution is 2.24. The molecule has 0 aliphatic carbocycles. The molecule has 0 atom stereocenters. The van der Waals surface area contributed by atoms with E-state index in [9.17, 15) is 0 Å². The maximum Gasteiger partial charge on any atom is 0.159 e. The van der Waals surface area contributed by atoms with Crippen LogP contribution in [-0.4, -0.2) is 58.8 Å². The first-order valence-corrected chi connectivity index (χ1v) is 8.98. The standard InChI is InChI=1S/C19H19N7O/c1-2-16-12-24-26(17(16)9-14(1)15-3-4-22-23-11-15)19-10-18(20-13-21-19)25-5-7-27-8-6-25/h1-3,9-13,22H,4-8H2. The number of morpholine rings is 1. The average Bonchev–Trinajstić information content (AvgIpc) is 3.18. The zero-order valence-electron chi connectivity index (χ0n) is 14.7. The number of hydrogen-bond acceptors (Lipinski definition) is 7. The predicted octanol–water partition coefficient (Wildman–Crippen LogP) is 1.62. The van der Waals surface area contributed by atoms with E-state index in [-0.39, 0.29) is 0 Å². The van der Waals surface area contributed by atoms with Gasteiger partial charge in [0, 0.05) is 24.5 Å². The van der Waals surface area contributed by atoms with E-state index in [4.69, 9.17) is 4.74 Å². The third kappa shape index (κ3) is 3.04. The molecule has 136 valence electrons. The number of ether oxygens (including phenoxy) is 1. The minimum Gasteiger partial charge on any atom is -0.378 e. The second-order valence-corrected chi connectivity index (χ2v) is 6.44. The number of rotatable bonds is 3. The summed E-state index contributed by atoms with van der Waals surface area (Å²) in [6.45, 7) is 3.85. The Bertz CT molecular complexity index is 1030. The monoisotopic (exact) mass is 361 g/mol. The summed E-state index contributed by atoms with van der Waals surface area (Å²) in [7, 11) is 0. The summed E-state index contributed by atoms with van der Waals surface area (Å²) in [5.41, 5.74) is 6.15. The fourth-order valence-electron chi connectivity index (χ4n) is 3.37. The topological polar surface area (TPSA) is 80.5 Å². The van der Waals surface area contributed by atoms with E-state index in [2.05, 4.69) is 54.8 Å². The minimum atomic E-state index is 0.721. The number of anilines is 1. The van der Waals surface area contributed by atoms with Crippen LogP contribution in [-0.2, 0) is 4.74 Å². The van der Waals surface area contributed by atoms with Crippen molar-refractivity contribution in [2.75, 3.05) is 37.7 Å². The SMILES string of the molecule is C1=NNCC=C1c1ccc2cnn(-c3cc(N4CCOCC4)ncn3)c2c1. The molecule has 0 radical (unpaired) electrons. The summed E-state index contributed by atoms with van der Waals surface area (Å²) >= 11 is 0. The highest BCUT2D eigenvalue weighted by atomic mass is 16.5. The van der Waals surface area contributed by atoms with Gasteiger partial charge >= 0.3 is 0 Å². The second kappa shape index (κ2) is 6.81. The van der Waals surface area contributed by atoms with Crippen LogP contribution in [0.25, 0.3) is 22.3 Å². The van der Waals surface area contributed by atoms with Gasteiger partial charge in [0.2, 0.25) is 0 Å². The number of allylic oxidation sites excluding steroid dienone is 1. The minimum absolute atomic E-state index is 0.721. The lowest BCUT2D eigenvalue weighted by atomic mass is 10.0. The van der Waals surface area contributed by atoms with E-state index in [0.29, 0.717) is 0 Å². The number of benzene rings is 1. The highest BCUT2D eigenvalue weighted by molar-refractivity contribution is 6.11. The van der Waals surface area contributed by atoms with Crippen molar-refractivity contribution in [3.63, 3.8) is 0 Å². The van der Waals surface area contributed by atoms with E-state index in [1.54, 1.807) is 6.33 Å². The summed E-state index contributed by atoms with van der Waals surface area (Å²) in [5.74, 6) is 1.66. The molecule has 2 aliphatic heterocycles. The van der Waals surface area contributed by atoms with Gasteiger partial charge in [0.1, 0.15) is 12.1 Å². The van der Waals surface area contributed by atoms with Gasteiger partial charge in [-0.3, -0.25) is 0 Å². The average molecular weight is 361 g/mol. The molecule has 0 bridgehead atoms. The molecule has 0 unspecified atom stereocenters. The van der Waals surface area contributed by atoms with Crippen LogP contribution in [0.1, 0.15) is 5.56 Å². The van der Waals surface area contributed by atoms with Gasteiger partial charge in [-0.25, -0.2) is 14.6 Å². The van der Waals surface area contributed by atoms with Crippen molar-refractivity contribution in [2.45, 2.75) is 0 Å². The lowest BCUT2D eigenvalue weighted by Crippen LogP contribution is -2.36. The summed E-state index contributed by atoms with van der Waals surface area (Å²) < 4.78 is 7.29. The molecule has 1 aromatic carbocycles. The molecule has 27 heavy (non-hydrogen) atoms. The maximum absolute atomic E-state index is 5.43. The van der Waals surface area contributed by atoms with Crippen molar-refractivity contribution < 1.29 is 4.74 Å². The number of nitrogens with zero attached hydrogens (tertiary/aromatic N) is 6. The first-order valence-electron chi connectivity index (χ1n) is 8.98. The van der Waals surface area contributed by atoms with Crippen molar-refractivity contribution in [1.29, 1.82) is 0 Å². The number of aromatic nitrogens is 4. The van der Waals surface area contributed by atoms with E-state index in [1.807, 2.05) is 23.2 Å². The summed E-state index contributed by atoms with van der Waals surface area (Å²) in [5, 5.41) is 9.77. The zero-order valence-corrected chi connectivity index (χ0v) is 14.7. The molecular formula is C19H19N7O. The van der Waals surface area contributed by atoms with Crippen molar-refractivity contribution in [3.05, 3.63) is 48.4 Å². The Labute approximate surface area is 156 Å². The lowest BCUT2D eigenvalue weighted by molar-refractivity contribution is 0.122. The molecule has 3 aromatic rings. The highest BCUT2D eigenvalue weighted by Gasteiger charge is 2.15. The maximum atomic E-state index is 5.43. The van der Waals surface area contributed by atoms with E-state index in [0.717, 1.165) is 66.5 Å². The molecule has 0 saturated carbocycles. The third-order valence-corrected chi connectivity index (χ3v) is 4.80. The molecule has 1 N–H and O–H groups in total. The number of hydrazone groups is 1. The van der Waals surface area contributed by atoms with Crippen LogP contribution in [0, 0.1) is 0 Å². The third-order valence-electron chi connectivity index (χ3n) is 4.80. The van der Waals surface area contributed by atoms with Crippen LogP contribution in [0.3, 0.4) is 0 Å². The van der Waals surface area contributed by atoms with Gasteiger partial charge in [0.15, 0.2) is 5.82 Å². The van der Waals surface area contributed by atoms with Gasteiger partial charge in [-0.15, -0.1) is 0 Å². The molecule has 2 aromatic heterocycles. The van der Waals surface area contributed by atoms with E-state index in [1.165, 1.54) is 0 Å². The first kappa shape index (κ1) is 16.0. The molecular weight excluding hydrogens is 342 g/mol. The summed E-state index contributed by atoms with van der Waals surface area (Å²) in [4.78, 5) is 11.1. The van der Waals surface area contributed by atoms with Gasteiger partial charge in [-0.2, -0.15) is 10.2 Å². The quantitative estimate of drug-likeness (QED) is 0.764. The normalized spacial score (nSPS) is 17.0. The van der Waals surface area contributed by atoms with Crippen molar-refractivity contribution >= 4 is 28.5 Å². The van der Waals surface area contributed by atoms with Crippen LogP contribution >= 0.6 is 0 Å². The van der Waals surface area contributed by atoms with Crippen LogP contribution in [0.4, 0.5) is 5.82 Å². The smallest absolute Gasteiger partial charge is 0.159 e. The molecule has 8 heteroatoms. The molecule has 2 aliphatic rings. The lowest BCUT2D eigenvalue weighted by Gasteiger charge is -2.27. The number of nitrogens with one attached hydrogen (secondary N) is 1. The fraction of sp³-hybridized carbons (Fsp3) is 0.263.